The Morgan fingerprint density at radius 2 is 1.80 bits per heavy atom. The van der Waals surface area contributed by atoms with Crippen LogP contribution < -0.4 is 0 Å². The van der Waals surface area contributed by atoms with Crippen molar-refractivity contribution in [1.29, 1.82) is 0 Å². The normalized spacial score (nSPS) is 12.9. The molecule has 60 valence electrons. The second-order valence-corrected chi connectivity index (χ2v) is 2.69. The molecule has 10 heavy (non-hydrogen) atoms. The van der Waals surface area contributed by atoms with Crippen LogP contribution in [-0.2, 0) is 9.47 Å². The van der Waals surface area contributed by atoms with Crippen LogP contribution in [0.1, 0.15) is 20.8 Å². The highest BCUT2D eigenvalue weighted by atomic mass is 35.5. The van der Waals surface area contributed by atoms with E-state index >= 15 is 0 Å². The van der Waals surface area contributed by atoms with Gasteiger partial charge < -0.3 is 9.47 Å². The van der Waals surface area contributed by atoms with E-state index in [4.69, 9.17) is 11.6 Å². The zero-order valence-electron chi connectivity index (χ0n) is 6.26. The lowest BCUT2D eigenvalue weighted by Crippen LogP contribution is -2.15. The van der Waals surface area contributed by atoms with E-state index < -0.39 is 11.7 Å². The molecule has 0 rings (SSSR count). The number of rotatable bonds is 2. The molecule has 0 heterocycles. The Kier molecular flexibility index (Phi) is 4.19. The molecule has 0 aliphatic carbocycles. The van der Waals surface area contributed by atoms with Gasteiger partial charge in [0, 0.05) is 0 Å². The summed E-state index contributed by atoms with van der Waals surface area (Å²) in [5, 5.41) is 0. The number of halogens is 1. The minimum Gasteiger partial charge on any atom is -0.432 e. The van der Waals surface area contributed by atoms with Gasteiger partial charge in [-0.3, -0.25) is 0 Å². The molecule has 0 fully saturated rings. The summed E-state index contributed by atoms with van der Waals surface area (Å²) in [4.78, 5) is 10.5. The van der Waals surface area contributed by atoms with Crippen LogP contribution in [0.25, 0.3) is 0 Å². The van der Waals surface area contributed by atoms with Crippen LogP contribution in [-0.4, -0.2) is 17.8 Å². The Morgan fingerprint density at radius 3 is 2.10 bits per heavy atom. The molecule has 0 bridgehead atoms. The number of carbonyl (C=O) groups excluding carboxylic acids is 1. The van der Waals surface area contributed by atoms with Crippen molar-refractivity contribution >= 4 is 17.8 Å². The van der Waals surface area contributed by atoms with Crippen molar-refractivity contribution in [2.75, 3.05) is 0 Å². The van der Waals surface area contributed by atoms with Crippen LogP contribution in [0.4, 0.5) is 4.79 Å². The van der Waals surface area contributed by atoms with Gasteiger partial charge in [-0.1, -0.05) is 11.6 Å². The second kappa shape index (κ2) is 4.39. The number of carbonyl (C=O) groups is 1. The van der Waals surface area contributed by atoms with E-state index in [1.54, 1.807) is 20.8 Å². The first-order valence-electron chi connectivity index (χ1n) is 3.03. The summed E-state index contributed by atoms with van der Waals surface area (Å²) in [6.07, 6.45) is -0.889. The molecule has 1 atom stereocenters. The number of hydrogen-bond acceptors (Lipinski definition) is 3. The molecule has 0 aliphatic heterocycles. The van der Waals surface area contributed by atoms with Crippen LogP contribution in [0.3, 0.4) is 0 Å². The third-order valence-corrected chi connectivity index (χ3v) is 0.680. The first-order chi connectivity index (χ1) is 4.52. The van der Waals surface area contributed by atoms with Crippen LogP contribution in [0, 0.1) is 0 Å². The number of alkyl halides is 1. The predicted molar refractivity (Wildman–Crippen MR) is 38.0 cm³/mol. The topological polar surface area (TPSA) is 35.5 Å². The van der Waals surface area contributed by atoms with Crippen molar-refractivity contribution in [1.82, 2.24) is 0 Å². The molecule has 0 amide bonds. The summed E-state index contributed by atoms with van der Waals surface area (Å²) in [5.41, 5.74) is -0.633. The van der Waals surface area contributed by atoms with Crippen molar-refractivity contribution in [2.45, 2.75) is 32.4 Å². The van der Waals surface area contributed by atoms with Gasteiger partial charge in [0.05, 0.1) is 6.10 Å². The van der Waals surface area contributed by atoms with Crippen molar-refractivity contribution < 1.29 is 14.3 Å². The van der Waals surface area contributed by atoms with Crippen LogP contribution in [0.2, 0.25) is 0 Å². The van der Waals surface area contributed by atoms with E-state index in [1.807, 2.05) is 0 Å². The molecule has 0 aromatic heterocycles. The maximum Gasteiger partial charge on any atom is 0.510 e. The summed E-state index contributed by atoms with van der Waals surface area (Å²) >= 11 is 5.33. The lowest BCUT2D eigenvalue weighted by molar-refractivity contribution is 0.0298. The average Bonchev–Trinajstić information content (AvgIpc) is 1.58. The molecule has 0 unspecified atom stereocenters. The van der Waals surface area contributed by atoms with Crippen LogP contribution in [0.5, 0.6) is 0 Å². The third kappa shape index (κ3) is 5.69. The van der Waals surface area contributed by atoms with Gasteiger partial charge in [0.15, 0.2) is 5.56 Å². The number of ether oxygens (including phenoxy) is 2. The summed E-state index contributed by atoms with van der Waals surface area (Å²) in [5.74, 6) is 0. The molecule has 0 saturated heterocycles. The fourth-order valence-corrected chi connectivity index (χ4v) is 0.426. The van der Waals surface area contributed by atoms with E-state index in [1.165, 1.54) is 0 Å². The zero-order valence-corrected chi connectivity index (χ0v) is 7.01. The van der Waals surface area contributed by atoms with Crippen molar-refractivity contribution in [2.24, 2.45) is 0 Å². The monoisotopic (exact) mass is 166 g/mol. The highest BCUT2D eigenvalue weighted by Gasteiger charge is 2.08. The zero-order chi connectivity index (χ0) is 8.15. The third-order valence-electron chi connectivity index (χ3n) is 0.591. The van der Waals surface area contributed by atoms with Crippen LogP contribution >= 0.6 is 11.6 Å². The molecule has 0 radical (unpaired) electrons. The highest BCUT2D eigenvalue weighted by Crippen LogP contribution is 2.00. The van der Waals surface area contributed by atoms with Gasteiger partial charge in [0.25, 0.3) is 0 Å². The van der Waals surface area contributed by atoms with Gasteiger partial charge in [0.2, 0.25) is 0 Å². The lowest BCUT2D eigenvalue weighted by Gasteiger charge is -2.08. The molecule has 0 aromatic rings. The largest absolute Gasteiger partial charge is 0.510 e. The maximum atomic E-state index is 10.5. The van der Waals surface area contributed by atoms with Gasteiger partial charge in [-0.25, -0.2) is 4.79 Å². The SMILES string of the molecule is CC(C)OC(=O)O[C@@H](C)Cl. The molecule has 0 aromatic carbocycles. The molecule has 0 saturated carbocycles. The summed E-state index contributed by atoms with van der Waals surface area (Å²) in [6, 6.07) is 0. The summed E-state index contributed by atoms with van der Waals surface area (Å²) in [6.45, 7) is 5.02. The maximum absolute atomic E-state index is 10.5. The van der Waals surface area contributed by atoms with E-state index in [0.717, 1.165) is 0 Å². The molecule has 0 N–H and O–H groups in total. The van der Waals surface area contributed by atoms with Gasteiger partial charge in [0.1, 0.15) is 0 Å². The molecular formula is C6H11ClO3. The molecule has 3 nitrogen and oxygen atoms in total. The van der Waals surface area contributed by atoms with Crippen molar-refractivity contribution in [3.63, 3.8) is 0 Å². The lowest BCUT2D eigenvalue weighted by atomic mass is 10.5. The summed E-state index contributed by atoms with van der Waals surface area (Å²) in [7, 11) is 0. The van der Waals surface area contributed by atoms with E-state index in [-0.39, 0.29) is 6.10 Å². The molecule has 4 heteroatoms. The van der Waals surface area contributed by atoms with E-state index in [0.29, 0.717) is 0 Å². The van der Waals surface area contributed by atoms with Crippen LogP contribution in [0.15, 0.2) is 0 Å². The summed E-state index contributed by atoms with van der Waals surface area (Å²) < 4.78 is 9.08. The van der Waals surface area contributed by atoms with Gasteiger partial charge in [-0.05, 0) is 20.8 Å². The van der Waals surface area contributed by atoms with E-state index in [2.05, 4.69) is 9.47 Å². The first-order valence-corrected chi connectivity index (χ1v) is 3.47. The Labute approximate surface area is 65.3 Å². The first kappa shape index (κ1) is 9.56. The number of hydrogen-bond donors (Lipinski definition) is 0. The molecular weight excluding hydrogens is 156 g/mol. The smallest absolute Gasteiger partial charge is 0.432 e. The quantitative estimate of drug-likeness (QED) is 0.466. The minimum atomic E-state index is -0.725. The van der Waals surface area contributed by atoms with Crippen molar-refractivity contribution in [3.8, 4) is 0 Å². The van der Waals surface area contributed by atoms with Crippen molar-refractivity contribution in [3.05, 3.63) is 0 Å². The fraction of sp³-hybridized carbons (Fsp3) is 0.833. The average molecular weight is 167 g/mol. The Morgan fingerprint density at radius 1 is 1.30 bits per heavy atom. The molecule has 0 spiro atoms. The van der Waals surface area contributed by atoms with Gasteiger partial charge >= 0.3 is 6.16 Å². The van der Waals surface area contributed by atoms with E-state index in [9.17, 15) is 4.79 Å². The molecule has 0 aliphatic rings. The Bertz CT molecular complexity index is 99.6. The Hall–Kier alpha value is -0.440. The predicted octanol–water partition coefficient (Wildman–Crippen LogP) is 2.13. The standard InChI is InChI=1S/C6H11ClO3/c1-4(2)9-6(8)10-5(3)7/h4-5H,1-3H3/t5-/m0/s1. The fourth-order valence-electron chi connectivity index (χ4n) is 0.353. The second-order valence-electron chi connectivity index (χ2n) is 2.08. The highest BCUT2D eigenvalue weighted by molar-refractivity contribution is 6.19. The Balaban J connectivity index is 3.44. The van der Waals surface area contributed by atoms with Gasteiger partial charge in [-0.2, -0.15) is 0 Å². The van der Waals surface area contributed by atoms with Gasteiger partial charge in [-0.15, -0.1) is 0 Å². The minimum absolute atomic E-state index is 0.164.